The predicted octanol–water partition coefficient (Wildman–Crippen LogP) is 3.28. The van der Waals surface area contributed by atoms with Gasteiger partial charge in [0.15, 0.2) is 5.65 Å². The lowest BCUT2D eigenvalue weighted by molar-refractivity contribution is -0.230. The van der Waals surface area contributed by atoms with Gasteiger partial charge in [-0.15, -0.1) is 0 Å². The number of carbonyl (C=O) groups is 2. The Hall–Kier alpha value is -5.35. The summed E-state index contributed by atoms with van der Waals surface area (Å²) in [7, 11) is 4.78. The quantitative estimate of drug-likeness (QED) is 0.237. The summed E-state index contributed by atoms with van der Waals surface area (Å²) in [6.07, 6.45) is -0.583. The molecule has 13 nitrogen and oxygen atoms in total. The van der Waals surface area contributed by atoms with Gasteiger partial charge in [0, 0.05) is 44.7 Å². The minimum absolute atomic E-state index is 0.0118. The monoisotopic (exact) mass is 573 g/mol. The average Bonchev–Trinajstić information content (AvgIpc) is 3.67. The number of anilines is 1. The Bertz CT molecular complexity index is 1760. The number of rotatable bonds is 6. The van der Waals surface area contributed by atoms with Gasteiger partial charge in [0.25, 0.3) is 5.82 Å². The van der Waals surface area contributed by atoms with Crippen LogP contribution in [0, 0.1) is 5.82 Å². The van der Waals surface area contributed by atoms with E-state index in [2.05, 4.69) is 35.0 Å². The Kier molecular flexibility index (Phi) is 6.85. The van der Waals surface area contributed by atoms with Gasteiger partial charge in [0.1, 0.15) is 11.6 Å². The minimum atomic E-state index is -5.43. The van der Waals surface area contributed by atoms with Crippen LogP contribution in [0.15, 0.2) is 47.4 Å². The molecule has 0 spiro atoms. The second kappa shape index (κ2) is 10.3. The highest BCUT2D eigenvalue weighted by Gasteiger charge is 2.44. The number of alkyl halides is 3. The van der Waals surface area contributed by atoms with Gasteiger partial charge >= 0.3 is 24.1 Å². The number of fused-ring (bicyclic) bond motifs is 1. The zero-order chi connectivity index (χ0) is 29.5. The number of nitrogens with one attached hydrogen (secondary N) is 1. The van der Waals surface area contributed by atoms with E-state index in [1.165, 1.54) is 37.3 Å². The van der Waals surface area contributed by atoms with E-state index in [9.17, 15) is 22.8 Å². The summed E-state index contributed by atoms with van der Waals surface area (Å²) in [4.78, 5) is 45.6. The van der Waals surface area contributed by atoms with Gasteiger partial charge < -0.3 is 19.2 Å². The van der Waals surface area contributed by atoms with Crippen molar-refractivity contribution >= 4 is 29.1 Å². The fraction of sp³-hybridized carbons (Fsp3) is 0.208. The number of benzene rings is 1. The molecule has 0 aliphatic heterocycles. The molecule has 0 saturated carbocycles. The van der Waals surface area contributed by atoms with E-state index in [0.717, 1.165) is 6.07 Å². The maximum Gasteiger partial charge on any atom is 0.493 e. The van der Waals surface area contributed by atoms with Crippen molar-refractivity contribution < 1.29 is 36.5 Å². The zero-order valence-corrected chi connectivity index (χ0v) is 21.5. The number of hydrogen-bond acceptors (Lipinski definition) is 10. The van der Waals surface area contributed by atoms with Gasteiger partial charge in [-0.2, -0.15) is 28.3 Å². The summed E-state index contributed by atoms with van der Waals surface area (Å²) < 4.78 is 60.5. The van der Waals surface area contributed by atoms with Gasteiger partial charge in [-0.25, -0.2) is 19.2 Å². The molecule has 0 bridgehead atoms. The number of aromatic amines is 1. The first-order valence-corrected chi connectivity index (χ1v) is 11.6. The van der Waals surface area contributed by atoms with Crippen molar-refractivity contribution in [3.63, 3.8) is 0 Å². The molecule has 0 saturated heterocycles. The molecule has 0 atom stereocenters. The molecule has 0 aliphatic carbocycles. The summed E-state index contributed by atoms with van der Waals surface area (Å²) in [5.41, 5.74) is 2.21. The maximum atomic E-state index is 15.3. The molecule has 0 radical (unpaired) electrons. The van der Waals surface area contributed by atoms with E-state index in [1.807, 2.05) is 0 Å². The number of pyridine rings is 1. The molecule has 0 unspecified atom stereocenters. The predicted molar refractivity (Wildman–Crippen MR) is 132 cm³/mol. The number of aryl methyl sites for hydroxylation is 1. The van der Waals surface area contributed by atoms with E-state index < -0.39 is 36.2 Å². The van der Waals surface area contributed by atoms with Gasteiger partial charge in [0.2, 0.25) is 0 Å². The summed E-state index contributed by atoms with van der Waals surface area (Å²) in [6.45, 7) is -0.889. The Morgan fingerprint density at radius 1 is 1.15 bits per heavy atom. The van der Waals surface area contributed by atoms with Crippen molar-refractivity contribution in [3.05, 3.63) is 60.1 Å². The topological polar surface area (TPSA) is 148 Å². The van der Waals surface area contributed by atoms with Crippen molar-refractivity contribution in [2.24, 2.45) is 7.05 Å². The van der Waals surface area contributed by atoms with Crippen LogP contribution in [0.4, 0.5) is 23.6 Å². The Labute approximate surface area is 227 Å². The largest absolute Gasteiger partial charge is 0.493 e. The van der Waals surface area contributed by atoms with Crippen LogP contribution in [-0.2, 0) is 23.2 Å². The zero-order valence-electron chi connectivity index (χ0n) is 21.5. The molecule has 212 valence electrons. The second-order valence-electron chi connectivity index (χ2n) is 8.86. The standard InChI is InChI=1S/C24H19F4N9O4/c1-35(2)23-33-20(34-40-23)21(38)37(41-22(39)24(26,27)28)11-13-5-4-12(8-16(13)25)15-6-7-29-19-17(15)31-18(32-19)14-9-30-36(3)10-14/h4-10H,11H2,1-3H3,(H,29,31,32). The number of carbonyl (C=O) groups excluding carboxylic acids is 2. The Balaban J connectivity index is 1.45. The number of H-pyrrole nitrogens is 1. The van der Waals surface area contributed by atoms with Crippen LogP contribution in [0.5, 0.6) is 0 Å². The first-order valence-electron chi connectivity index (χ1n) is 11.6. The van der Waals surface area contributed by atoms with Crippen LogP contribution >= 0.6 is 0 Å². The van der Waals surface area contributed by atoms with Crippen LogP contribution < -0.4 is 4.90 Å². The van der Waals surface area contributed by atoms with Gasteiger partial charge in [-0.1, -0.05) is 12.1 Å². The average molecular weight is 573 g/mol. The molecule has 1 amide bonds. The lowest BCUT2D eigenvalue weighted by Gasteiger charge is -2.21. The normalized spacial score (nSPS) is 11.6. The fourth-order valence-electron chi connectivity index (χ4n) is 3.72. The van der Waals surface area contributed by atoms with E-state index in [-0.39, 0.29) is 16.6 Å². The fourth-order valence-corrected chi connectivity index (χ4v) is 3.72. The van der Waals surface area contributed by atoms with Crippen molar-refractivity contribution in [2.75, 3.05) is 19.0 Å². The number of imidazole rings is 1. The molecule has 0 aliphatic rings. The molecule has 0 fully saturated rings. The number of halogens is 4. The van der Waals surface area contributed by atoms with Gasteiger partial charge in [-0.05, 0) is 22.9 Å². The van der Waals surface area contributed by atoms with Crippen molar-refractivity contribution in [1.29, 1.82) is 0 Å². The number of aromatic nitrogens is 7. The third-order valence-corrected chi connectivity index (χ3v) is 5.69. The number of hydrogen-bond donors (Lipinski definition) is 1. The highest BCUT2D eigenvalue weighted by Crippen LogP contribution is 2.30. The van der Waals surface area contributed by atoms with Crippen molar-refractivity contribution in [3.8, 4) is 22.5 Å². The smallest absolute Gasteiger partial charge is 0.336 e. The highest BCUT2D eigenvalue weighted by atomic mass is 19.4. The molecule has 17 heteroatoms. The number of hydroxylamine groups is 2. The van der Waals surface area contributed by atoms with E-state index >= 15 is 4.39 Å². The molecule has 1 aromatic carbocycles. The van der Waals surface area contributed by atoms with Crippen LogP contribution in [0.2, 0.25) is 0 Å². The van der Waals surface area contributed by atoms with Crippen molar-refractivity contribution in [2.45, 2.75) is 12.7 Å². The van der Waals surface area contributed by atoms with Gasteiger partial charge in [-0.3, -0.25) is 9.48 Å². The maximum absolute atomic E-state index is 15.3. The Morgan fingerprint density at radius 2 is 1.93 bits per heavy atom. The van der Waals surface area contributed by atoms with Crippen LogP contribution in [-0.4, -0.2) is 72.1 Å². The lowest BCUT2D eigenvalue weighted by atomic mass is 10.0. The van der Waals surface area contributed by atoms with E-state index in [4.69, 9.17) is 4.52 Å². The molecule has 5 rings (SSSR count). The van der Waals surface area contributed by atoms with Gasteiger partial charge in [0.05, 0.1) is 23.8 Å². The second-order valence-corrected chi connectivity index (χ2v) is 8.86. The molecule has 5 aromatic rings. The molecule has 1 N–H and O–H groups in total. The first-order chi connectivity index (χ1) is 19.4. The Morgan fingerprint density at radius 3 is 2.56 bits per heavy atom. The lowest BCUT2D eigenvalue weighted by Crippen LogP contribution is -2.39. The summed E-state index contributed by atoms with van der Waals surface area (Å²) in [6, 6.07) is 5.31. The summed E-state index contributed by atoms with van der Waals surface area (Å²) >= 11 is 0. The summed E-state index contributed by atoms with van der Waals surface area (Å²) in [5.74, 6) is -5.17. The highest BCUT2D eigenvalue weighted by molar-refractivity contribution is 5.92. The van der Waals surface area contributed by atoms with Crippen molar-refractivity contribution in [1.82, 2.24) is 39.9 Å². The van der Waals surface area contributed by atoms with Crippen LogP contribution in [0.1, 0.15) is 16.2 Å². The van der Waals surface area contributed by atoms with E-state index in [1.54, 1.807) is 30.2 Å². The third-order valence-electron chi connectivity index (χ3n) is 5.69. The van der Waals surface area contributed by atoms with E-state index in [0.29, 0.717) is 33.7 Å². The van der Waals surface area contributed by atoms with Crippen LogP contribution in [0.25, 0.3) is 33.7 Å². The molecule has 41 heavy (non-hydrogen) atoms. The molecular formula is C24H19F4N9O4. The molecule has 4 aromatic heterocycles. The third kappa shape index (κ3) is 5.54. The SMILES string of the molecule is CN(C)c1nc(C(=O)N(Cc2ccc(-c3ccnc4nc(-c5cnn(C)c5)[nH]c34)cc2F)OC(=O)C(F)(F)F)no1. The number of nitrogens with zero attached hydrogens (tertiary/aromatic N) is 8. The number of amides is 1. The first kappa shape index (κ1) is 27.2. The van der Waals surface area contributed by atoms with Crippen LogP contribution in [0.3, 0.4) is 0 Å². The summed E-state index contributed by atoms with van der Waals surface area (Å²) in [5, 5.41) is 7.52. The molecular weight excluding hydrogens is 554 g/mol. The molecule has 4 heterocycles. The minimum Gasteiger partial charge on any atom is -0.336 e.